The van der Waals surface area contributed by atoms with E-state index in [2.05, 4.69) is 66.9 Å². The van der Waals surface area contributed by atoms with Gasteiger partial charge in [-0.25, -0.2) is 15.2 Å². The minimum absolute atomic E-state index is 0. The van der Waals surface area contributed by atoms with Crippen LogP contribution in [0.25, 0.3) is 33.4 Å². The van der Waals surface area contributed by atoms with Gasteiger partial charge in [0.1, 0.15) is 18.1 Å². The Morgan fingerprint density at radius 2 is 1.82 bits per heavy atom. The lowest BCUT2D eigenvalue weighted by Gasteiger charge is -2.44. The maximum Gasteiger partial charge on any atom is 0.324 e. The largest absolute Gasteiger partial charge is 0.464 e. The summed E-state index contributed by atoms with van der Waals surface area (Å²) in [5.74, 6) is -1.82. The summed E-state index contributed by atoms with van der Waals surface area (Å²) >= 11 is 1.41. The Labute approximate surface area is 449 Å². The van der Waals surface area contributed by atoms with Crippen molar-refractivity contribution in [2.24, 2.45) is 11.3 Å². The molecule has 4 aliphatic rings. The summed E-state index contributed by atoms with van der Waals surface area (Å²) in [5, 5.41) is 8.14. The van der Waals surface area contributed by atoms with E-state index < -0.39 is 46.9 Å². The molecular formula is C50H73N9O7S5. The summed E-state index contributed by atoms with van der Waals surface area (Å²) in [5.41, 5.74) is 8.86. The van der Waals surface area contributed by atoms with Crippen molar-refractivity contribution in [1.29, 1.82) is 0 Å². The molecule has 21 heteroatoms. The zero-order valence-corrected chi connectivity index (χ0v) is 46.9. The van der Waals surface area contributed by atoms with E-state index in [1.165, 1.54) is 27.3 Å². The van der Waals surface area contributed by atoms with Crippen LogP contribution in [0.2, 0.25) is 0 Å². The third kappa shape index (κ3) is 12.1. The monoisotopic (exact) mass is 1070 g/mol. The molecule has 2 saturated heterocycles. The highest BCUT2D eigenvalue weighted by Gasteiger charge is 2.54. The van der Waals surface area contributed by atoms with Crippen molar-refractivity contribution in [3.8, 4) is 22.5 Å². The second kappa shape index (κ2) is 24.2. The van der Waals surface area contributed by atoms with Crippen LogP contribution in [0, 0.1) is 11.3 Å². The third-order valence-corrected chi connectivity index (χ3v) is 14.8. The molecule has 4 aromatic rings. The van der Waals surface area contributed by atoms with E-state index >= 15 is 0 Å². The lowest BCUT2D eigenvalue weighted by atomic mass is 9.84. The Kier molecular flexibility index (Phi) is 20.2. The Balaban J connectivity index is 0.00000274. The van der Waals surface area contributed by atoms with Gasteiger partial charge in [0.05, 0.1) is 40.3 Å². The summed E-state index contributed by atoms with van der Waals surface area (Å²) in [7, 11) is 3.30. The van der Waals surface area contributed by atoms with Crippen molar-refractivity contribution < 1.29 is 33.4 Å². The number of aryl methyl sites for hydroxylation is 1. The molecule has 4 atom stereocenters. The number of aromatic nitrogens is 3. The molecule has 5 amide bonds. The number of pyridine rings is 1. The molecule has 71 heavy (non-hydrogen) atoms. The minimum Gasteiger partial charge on any atom is -0.464 e. The summed E-state index contributed by atoms with van der Waals surface area (Å²) in [4.78, 5) is 84.9. The molecule has 390 valence electrons. The van der Waals surface area contributed by atoms with Gasteiger partial charge < -0.3 is 34.1 Å². The zero-order valence-electron chi connectivity index (χ0n) is 42.1. The van der Waals surface area contributed by atoms with Crippen molar-refractivity contribution in [2.45, 2.75) is 116 Å². The number of nitrogens with one attached hydrogen (secondary N) is 2. The number of hydrogen-bond acceptors (Lipinski definition) is 11. The van der Waals surface area contributed by atoms with Gasteiger partial charge in [-0.05, 0) is 87.8 Å². The van der Waals surface area contributed by atoms with Crippen LogP contribution in [0.5, 0.6) is 0 Å². The molecule has 2 N–H and O–H groups in total. The van der Waals surface area contributed by atoms with E-state index in [1.807, 2.05) is 37.1 Å². The summed E-state index contributed by atoms with van der Waals surface area (Å²) in [6.45, 7) is 17.9. The van der Waals surface area contributed by atoms with E-state index in [0.717, 1.165) is 57.5 Å². The van der Waals surface area contributed by atoms with Crippen LogP contribution in [-0.2, 0) is 48.0 Å². The number of thiazole rings is 1. The van der Waals surface area contributed by atoms with Gasteiger partial charge in [-0.1, -0.05) is 40.3 Å². The van der Waals surface area contributed by atoms with E-state index in [9.17, 15) is 24.0 Å². The van der Waals surface area contributed by atoms with Gasteiger partial charge in [0.15, 0.2) is 0 Å². The van der Waals surface area contributed by atoms with E-state index in [1.54, 1.807) is 25.3 Å². The Morgan fingerprint density at radius 1 is 1.08 bits per heavy atom. The van der Waals surface area contributed by atoms with Crippen LogP contribution < -0.4 is 10.7 Å². The minimum atomic E-state index is -1.09. The van der Waals surface area contributed by atoms with Crippen LogP contribution >= 0.6 is 65.3 Å². The molecule has 1 aromatic carbocycles. The molecule has 8 rings (SSSR count). The first-order valence-corrected chi connectivity index (χ1v) is 24.5. The number of cyclic esters (lactones) is 1. The van der Waals surface area contributed by atoms with Gasteiger partial charge >= 0.3 is 12.0 Å². The maximum atomic E-state index is 14.7. The van der Waals surface area contributed by atoms with Gasteiger partial charge in [-0.15, -0.1) is 11.3 Å². The van der Waals surface area contributed by atoms with Gasteiger partial charge in [0.25, 0.3) is 5.91 Å². The number of amides is 5. The van der Waals surface area contributed by atoms with Gasteiger partial charge in [-0.3, -0.25) is 29.2 Å². The first kappa shape index (κ1) is 59.3. The molecule has 16 nitrogen and oxygen atoms in total. The third-order valence-electron chi connectivity index (χ3n) is 14.0. The number of hydrogen-bond donors (Lipinski definition) is 2. The molecule has 6 bridgehead atoms. The topological polar surface area (TPSA) is 172 Å². The number of rotatable bonds is 9. The van der Waals surface area contributed by atoms with Gasteiger partial charge in [-0.2, -0.15) is 54.0 Å². The molecule has 3 aliphatic heterocycles. The lowest BCUT2D eigenvalue weighted by molar-refractivity contribution is -0.155. The number of piperazine rings is 1. The molecule has 6 heterocycles. The number of nitrogens with zero attached hydrogens (tertiary/aromatic N) is 7. The van der Waals surface area contributed by atoms with Crippen LogP contribution in [0.1, 0.15) is 89.6 Å². The number of esters is 1. The fraction of sp³-hybridized carbons (Fsp3) is 0.540. The number of methoxy groups -OCH3 is 1. The fourth-order valence-corrected chi connectivity index (χ4v) is 11.1. The van der Waals surface area contributed by atoms with E-state index in [0.29, 0.717) is 57.0 Å². The first-order chi connectivity index (χ1) is 32.0. The quantitative estimate of drug-likeness (QED) is 0.138. The molecule has 3 aromatic heterocycles. The van der Waals surface area contributed by atoms with Crippen molar-refractivity contribution in [3.05, 3.63) is 70.8 Å². The van der Waals surface area contributed by atoms with E-state index in [-0.39, 0.29) is 91.0 Å². The zero-order chi connectivity index (χ0) is 47.9. The highest BCUT2D eigenvalue weighted by Crippen LogP contribution is 2.45. The maximum absolute atomic E-state index is 14.7. The summed E-state index contributed by atoms with van der Waals surface area (Å²) in [6, 6.07) is 7.30. The first-order valence-electron chi connectivity index (χ1n) is 23.6. The molecule has 3 fully saturated rings. The number of ether oxygens (including phenoxy) is 2. The van der Waals surface area contributed by atoms with Crippen LogP contribution in [0.15, 0.2) is 54.6 Å². The van der Waals surface area contributed by atoms with E-state index in [4.69, 9.17) is 19.4 Å². The van der Waals surface area contributed by atoms with Crippen molar-refractivity contribution >= 4 is 106 Å². The number of carbonyl (C=O) groups excluding carboxylic acids is 5. The van der Waals surface area contributed by atoms with Crippen molar-refractivity contribution in [3.63, 3.8) is 0 Å². The molecule has 1 aliphatic carbocycles. The predicted molar refractivity (Wildman–Crippen MR) is 298 cm³/mol. The molecular weight excluding hydrogens is 999 g/mol. The summed E-state index contributed by atoms with van der Waals surface area (Å²) < 4.78 is 14.3. The Bertz CT molecular complexity index is 2580. The fourth-order valence-electron chi connectivity index (χ4n) is 10.3. The average molecular weight is 1070 g/mol. The van der Waals surface area contributed by atoms with Crippen molar-refractivity contribution in [1.82, 2.24) is 45.0 Å². The van der Waals surface area contributed by atoms with Gasteiger partial charge in [0, 0.05) is 92.3 Å². The molecule has 1 spiro atoms. The van der Waals surface area contributed by atoms with Crippen molar-refractivity contribution in [2.75, 3.05) is 46.9 Å². The van der Waals surface area contributed by atoms with Gasteiger partial charge in [0.2, 0.25) is 11.8 Å². The normalized spacial score (nSPS) is 20.2. The molecule has 0 radical (unpaired) electrons. The van der Waals surface area contributed by atoms with Crippen LogP contribution in [-0.4, -0.2) is 135 Å². The number of benzene rings is 1. The molecule has 1 saturated carbocycles. The number of likely N-dealkylation sites (N-methyl/N-ethyl adjacent to an activating group) is 1. The Morgan fingerprint density at radius 3 is 2.48 bits per heavy atom. The molecule has 0 unspecified atom stereocenters. The second-order valence-electron chi connectivity index (χ2n) is 19.7. The smallest absolute Gasteiger partial charge is 0.324 e. The number of fused-ring (bicyclic) bond motifs is 6. The number of carbonyl (C=O) groups is 5. The highest BCUT2D eigenvalue weighted by atomic mass is 32.1. The lowest BCUT2D eigenvalue weighted by Crippen LogP contribution is -2.64. The highest BCUT2D eigenvalue weighted by molar-refractivity contribution is 7.59. The standard InChI is InChI=1S/C50H65N9O7S.4H2S/c1-10-41(60)58-23-22-56(28-50(58)18-19-50)48(64)55(8)43(30(3)4)45(61)53-37-25-40-52-38(27-67-40)32-16-17-39-34(24-32)35(44(57(39)11-2)33-14-12-20-51-42(33)31(5)65-9)26-49(6,7)29-66-47(63)36-15-13-21-59(54-36)46(37)62;;;;/h10,12,14,16-17,20,24,27,30-31,36-37,43,54H,1,11,13,15,18-19,21-23,25-26,28-29H2,2-9H3,(H,53,61);4*1H2/t31-,36-,37-,43-;;;;/m0..../s1. The average Bonchev–Trinajstić information content (AvgIpc) is 3.79. The number of urea groups is 1. The Hall–Kier alpha value is -4.25. The SMILES string of the molecule is C=CC(=O)N1CCN(C(=O)N(C)[C@H](C(=O)N[C@H]2Cc3nc(cs3)-c3ccc4c(c3)c(c(-c3cccnc3[C@H](C)OC)n4CC)CC(C)(C)COC(=O)[C@@H]3CCCN(N3)C2=O)C(C)C)CC12CC2.S.S.S.S. The van der Waals surface area contributed by atoms with Crippen LogP contribution in [0.4, 0.5) is 4.79 Å². The second-order valence-corrected chi connectivity index (χ2v) is 20.6. The predicted octanol–water partition coefficient (Wildman–Crippen LogP) is 6.59. The van der Waals surface area contributed by atoms with Crippen LogP contribution in [0.3, 0.4) is 0 Å². The summed E-state index contributed by atoms with van der Waals surface area (Å²) in [6.07, 6.45) is 6.09. The number of hydrazine groups is 1.